The van der Waals surface area contributed by atoms with Crippen LogP contribution >= 0.6 is 0 Å². The second kappa shape index (κ2) is 12.1. The Bertz CT molecular complexity index is 1290. The number of hydrogen-bond acceptors (Lipinski definition) is 6. The summed E-state index contributed by atoms with van der Waals surface area (Å²) in [5.74, 6) is 0.219. The molecule has 0 unspecified atom stereocenters. The number of esters is 1. The number of nitrogens with zero attached hydrogens (tertiary/aromatic N) is 3. The van der Waals surface area contributed by atoms with E-state index in [4.69, 9.17) is 14.5 Å². The first-order valence-electron chi connectivity index (χ1n) is 13.8. The first kappa shape index (κ1) is 28.5. The second-order valence-electron chi connectivity index (χ2n) is 11.5. The lowest BCUT2D eigenvalue weighted by Crippen LogP contribution is -2.38. The summed E-state index contributed by atoms with van der Waals surface area (Å²) in [4.78, 5) is 24.7. The van der Waals surface area contributed by atoms with Crippen LogP contribution in [0, 0.1) is 25.1 Å². The number of piperidine rings is 1. The van der Waals surface area contributed by atoms with Gasteiger partial charge >= 0.3 is 5.97 Å². The SMILES string of the molecule is Cc1nc(-c2cnc(C)c(CC(=O)OC(C)C)c2N2CCC(C)(C)CC2)ccc1OCCc1ccc(F)cc1. The van der Waals surface area contributed by atoms with E-state index in [9.17, 15) is 9.18 Å². The van der Waals surface area contributed by atoms with E-state index < -0.39 is 0 Å². The molecule has 1 aromatic carbocycles. The fourth-order valence-corrected chi connectivity index (χ4v) is 4.96. The van der Waals surface area contributed by atoms with Gasteiger partial charge in [-0.25, -0.2) is 9.37 Å². The fourth-order valence-electron chi connectivity index (χ4n) is 4.96. The molecule has 39 heavy (non-hydrogen) atoms. The third-order valence-electron chi connectivity index (χ3n) is 7.36. The van der Waals surface area contributed by atoms with Gasteiger partial charge in [0.2, 0.25) is 0 Å². The Morgan fingerprint density at radius 2 is 1.74 bits per heavy atom. The van der Waals surface area contributed by atoms with E-state index >= 15 is 0 Å². The van der Waals surface area contributed by atoms with Crippen LogP contribution in [0.3, 0.4) is 0 Å². The molecule has 208 valence electrons. The lowest BCUT2D eigenvalue weighted by molar-refractivity contribution is -0.146. The smallest absolute Gasteiger partial charge is 0.310 e. The molecule has 4 rings (SSSR count). The van der Waals surface area contributed by atoms with Gasteiger partial charge in [0.15, 0.2) is 0 Å². The predicted octanol–water partition coefficient (Wildman–Crippen LogP) is 6.64. The van der Waals surface area contributed by atoms with E-state index in [0.29, 0.717) is 18.8 Å². The van der Waals surface area contributed by atoms with E-state index in [1.165, 1.54) is 12.1 Å². The number of hydrogen-bond donors (Lipinski definition) is 0. The molecule has 0 radical (unpaired) electrons. The number of ether oxygens (including phenoxy) is 2. The Labute approximate surface area is 231 Å². The van der Waals surface area contributed by atoms with Gasteiger partial charge in [0.1, 0.15) is 11.6 Å². The number of halogens is 1. The molecule has 0 atom stereocenters. The van der Waals surface area contributed by atoms with Gasteiger partial charge in [0.25, 0.3) is 0 Å². The molecule has 0 N–H and O–H groups in total. The van der Waals surface area contributed by atoms with Crippen molar-refractivity contribution in [2.45, 2.75) is 73.3 Å². The predicted molar refractivity (Wildman–Crippen MR) is 153 cm³/mol. The first-order valence-corrected chi connectivity index (χ1v) is 13.8. The number of carbonyl (C=O) groups is 1. The van der Waals surface area contributed by atoms with Gasteiger partial charge in [-0.05, 0) is 75.8 Å². The molecule has 0 bridgehead atoms. The molecule has 0 spiro atoms. The molecule has 3 aromatic rings. The van der Waals surface area contributed by atoms with Crippen LogP contribution in [-0.4, -0.2) is 41.7 Å². The Balaban J connectivity index is 1.62. The van der Waals surface area contributed by atoms with E-state index in [2.05, 4.69) is 23.7 Å². The summed E-state index contributed by atoms with van der Waals surface area (Å²) >= 11 is 0. The van der Waals surface area contributed by atoms with Crippen LogP contribution in [0.4, 0.5) is 10.1 Å². The molecule has 0 amide bonds. The standard InChI is InChI=1S/C32H40FN3O3/c1-21(2)39-30(37)19-26-22(3)34-20-27(31(26)36-16-14-32(5,6)15-17-36)28-11-12-29(23(4)35-28)38-18-13-24-7-9-25(33)10-8-24/h7-12,20-21H,13-19H2,1-6H3. The van der Waals surface area contributed by atoms with E-state index in [-0.39, 0.29) is 29.7 Å². The van der Waals surface area contributed by atoms with Crippen molar-refractivity contribution < 1.29 is 18.7 Å². The van der Waals surface area contributed by atoms with Crippen molar-refractivity contribution in [3.8, 4) is 17.0 Å². The Kier molecular flexibility index (Phi) is 8.88. The van der Waals surface area contributed by atoms with Gasteiger partial charge in [-0.2, -0.15) is 0 Å². The highest BCUT2D eigenvalue weighted by atomic mass is 19.1. The van der Waals surface area contributed by atoms with Gasteiger partial charge in [-0.3, -0.25) is 9.78 Å². The fraction of sp³-hybridized carbons (Fsp3) is 0.469. The maximum Gasteiger partial charge on any atom is 0.310 e. The number of aryl methyl sites for hydroxylation is 2. The molecule has 2 aromatic heterocycles. The highest BCUT2D eigenvalue weighted by Gasteiger charge is 2.30. The normalized spacial score (nSPS) is 14.9. The topological polar surface area (TPSA) is 64.5 Å². The van der Waals surface area contributed by atoms with Gasteiger partial charge < -0.3 is 14.4 Å². The molecule has 1 fully saturated rings. The quantitative estimate of drug-likeness (QED) is 0.287. The summed E-state index contributed by atoms with van der Waals surface area (Å²) in [6.07, 6.45) is 4.68. The first-order chi connectivity index (χ1) is 18.5. The van der Waals surface area contributed by atoms with Gasteiger partial charge in [0.05, 0.1) is 36.2 Å². The Morgan fingerprint density at radius 3 is 2.38 bits per heavy atom. The summed E-state index contributed by atoms with van der Waals surface area (Å²) in [5, 5.41) is 0. The van der Waals surface area contributed by atoms with Gasteiger partial charge in [-0.1, -0.05) is 26.0 Å². The molecular formula is C32H40FN3O3. The van der Waals surface area contributed by atoms with Crippen molar-refractivity contribution in [1.82, 2.24) is 9.97 Å². The van der Waals surface area contributed by atoms with Gasteiger partial charge in [-0.15, -0.1) is 0 Å². The largest absolute Gasteiger partial charge is 0.491 e. The number of carbonyl (C=O) groups excluding carboxylic acids is 1. The monoisotopic (exact) mass is 533 g/mol. The van der Waals surface area contributed by atoms with Crippen LogP contribution in [0.25, 0.3) is 11.3 Å². The number of aromatic nitrogens is 2. The van der Waals surface area contributed by atoms with Crippen molar-refractivity contribution in [2.75, 3.05) is 24.6 Å². The zero-order valence-electron chi connectivity index (χ0n) is 24.0. The Morgan fingerprint density at radius 1 is 1.05 bits per heavy atom. The van der Waals surface area contributed by atoms with E-state index in [1.54, 1.807) is 12.1 Å². The van der Waals surface area contributed by atoms with E-state index in [1.807, 2.05) is 46.0 Å². The van der Waals surface area contributed by atoms with Gasteiger partial charge in [0, 0.05) is 42.5 Å². The molecular weight excluding hydrogens is 493 g/mol. The zero-order valence-corrected chi connectivity index (χ0v) is 24.0. The van der Waals surface area contributed by atoms with Crippen LogP contribution in [-0.2, 0) is 22.4 Å². The van der Waals surface area contributed by atoms with Crippen molar-refractivity contribution >= 4 is 11.7 Å². The highest BCUT2D eigenvalue weighted by Crippen LogP contribution is 2.40. The zero-order chi connectivity index (χ0) is 28.2. The maximum atomic E-state index is 13.2. The Hall–Kier alpha value is -3.48. The summed E-state index contributed by atoms with van der Waals surface area (Å²) in [6, 6.07) is 10.4. The molecule has 1 aliphatic heterocycles. The van der Waals surface area contributed by atoms with Crippen LogP contribution in [0.15, 0.2) is 42.6 Å². The summed E-state index contributed by atoms with van der Waals surface area (Å²) < 4.78 is 24.7. The van der Waals surface area contributed by atoms with Crippen molar-refractivity contribution in [3.05, 3.63) is 70.9 Å². The molecule has 1 aliphatic rings. The summed E-state index contributed by atoms with van der Waals surface area (Å²) in [6.45, 7) is 14.5. The molecule has 1 saturated heterocycles. The maximum absolute atomic E-state index is 13.2. The minimum atomic E-state index is -0.250. The van der Waals surface area contributed by atoms with Crippen LogP contribution in [0.1, 0.15) is 63.1 Å². The molecule has 0 aliphatic carbocycles. The number of benzene rings is 1. The molecule has 3 heterocycles. The minimum absolute atomic E-state index is 0.170. The average molecular weight is 534 g/mol. The summed E-state index contributed by atoms with van der Waals surface area (Å²) in [7, 11) is 0. The number of anilines is 1. The van der Waals surface area contributed by atoms with E-state index in [0.717, 1.165) is 65.4 Å². The lowest BCUT2D eigenvalue weighted by atomic mass is 9.82. The molecule has 7 heteroatoms. The van der Waals surface area contributed by atoms with Crippen LogP contribution in [0.5, 0.6) is 5.75 Å². The van der Waals surface area contributed by atoms with Crippen molar-refractivity contribution in [1.29, 1.82) is 0 Å². The average Bonchev–Trinajstić information content (AvgIpc) is 2.87. The third kappa shape index (κ3) is 7.34. The van der Waals surface area contributed by atoms with Crippen molar-refractivity contribution in [2.24, 2.45) is 5.41 Å². The van der Waals surface area contributed by atoms with Crippen molar-refractivity contribution in [3.63, 3.8) is 0 Å². The minimum Gasteiger partial charge on any atom is -0.491 e. The van der Waals surface area contributed by atoms with Crippen LogP contribution in [0.2, 0.25) is 0 Å². The van der Waals surface area contributed by atoms with Crippen LogP contribution < -0.4 is 9.64 Å². The number of rotatable bonds is 9. The lowest BCUT2D eigenvalue weighted by Gasteiger charge is -2.40. The summed E-state index contributed by atoms with van der Waals surface area (Å²) in [5.41, 5.74) is 6.54. The number of pyridine rings is 2. The molecule has 6 nitrogen and oxygen atoms in total. The second-order valence-corrected chi connectivity index (χ2v) is 11.5. The molecule has 0 saturated carbocycles. The highest BCUT2D eigenvalue weighted by molar-refractivity contribution is 5.84. The third-order valence-corrected chi connectivity index (χ3v) is 7.36.